The summed E-state index contributed by atoms with van der Waals surface area (Å²) >= 11 is 0. The van der Waals surface area contributed by atoms with Gasteiger partial charge in [-0.1, -0.05) is 35.9 Å². The Bertz CT molecular complexity index is 1240. The molecule has 1 N–H and O–H groups in total. The van der Waals surface area contributed by atoms with Crippen LogP contribution in [0.4, 0.5) is 11.4 Å². The van der Waals surface area contributed by atoms with Gasteiger partial charge in [0, 0.05) is 23.5 Å². The second-order valence-corrected chi connectivity index (χ2v) is 9.53. The number of benzene rings is 3. The summed E-state index contributed by atoms with van der Waals surface area (Å²) in [7, 11) is -2.56. The molecule has 1 amide bonds. The molecule has 4 rings (SSSR count). The summed E-state index contributed by atoms with van der Waals surface area (Å²) in [4.78, 5) is 15.1. The molecule has 0 spiro atoms. The molecule has 0 aliphatic carbocycles. The van der Waals surface area contributed by atoms with Crippen LogP contribution in [-0.2, 0) is 16.4 Å². The highest BCUT2D eigenvalue weighted by molar-refractivity contribution is 7.92. The Hall–Kier alpha value is -3.32. The first-order valence-electron chi connectivity index (χ1n) is 10.6. The molecule has 0 saturated heterocycles. The third-order valence-corrected chi connectivity index (χ3v) is 7.01. The molecule has 0 atom stereocenters. The van der Waals surface area contributed by atoms with Crippen LogP contribution in [0.1, 0.15) is 34.3 Å². The number of anilines is 2. The average molecular weight is 451 g/mol. The molecule has 0 unspecified atom stereocenters. The number of rotatable bonds is 5. The molecule has 1 aliphatic heterocycles. The van der Waals surface area contributed by atoms with Gasteiger partial charge in [-0.15, -0.1) is 0 Å². The van der Waals surface area contributed by atoms with Crippen molar-refractivity contribution in [3.8, 4) is 5.75 Å². The monoisotopic (exact) mass is 450 g/mol. The highest BCUT2D eigenvalue weighted by atomic mass is 32.2. The molecule has 0 radical (unpaired) electrons. The molecule has 1 aliphatic rings. The minimum absolute atomic E-state index is 0.0745. The second kappa shape index (κ2) is 9.04. The maximum Gasteiger partial charge on any atom is 0.265 e. The lowest BCUT2D eigenvalue weighted by molar-refractivity contribution is 0.0986. The van der Waals surface area contributed by atoms with E-state index in [2.05, 4.69) is 4.72 Å². The highest BCUT2D eigenvalue weighted by Crippen LogP contribution is 2.31. The van der Waals surface area contributed by atoms with Crippen LogP contribution < -0.4 is 14.4 Å². The van der Waals surface area contributed by atoms with Crippen molar-refractivity contribution in [2.75, 3.05) is 23.3 Å². The van der Waals surface area contributed by atoms with Crippen LogP contribution in [0.25, 0.3) is 0 Å². The van der Waals surface area contributed by atoms with Crippen LogP contribution in [0, 0.1) is 6.92 Å². The fourth-order valence-electron chi connectivity index (χ4n) is 3.91. The van der Waals surface area contributed by atoms with Crippen molar-refractivity contribution < 1.29 is 17.9 Å². The molecule has 166 valence electrons. The fraction of sp³-hybridized carbons (Fsp3) is 0.240. The summed E-state index contributed by atoms with van der Waals surface area (Å²) in [6.45, 7) is 2.52. The van der Waals surface area contributed by atoms with E-state index in [0.29, 0.717) is 17.8 Å². The number of hydrogen-bond acceptors (Lipinski definition) is 4. The van der Waals surface area contributed by atoms with Crippen LogP contribution in [0.5, 0.6) is 5.75 Å². The van der Waals surface area contributed by atoms with Gasteiger partial charge in [-0.3, -0.25) is 9.52 Å². The molecule has 0 aromatic heterocycles. The van der Waals surface area contributed by atoms with E-state index < -0.39 is 10.0 Å². The minimum Gasteiger partial charge on any atom is -0.495 e. The van der Waals surface area contributed by atoms with Crippen molar-refractivity contribution in [3.63, 3.8) is 0 Å². The van der Waals surface area contributed by atoms with Gasteiger partial charge in [0.1, 0.15) is 10.6 Å². The van der Waals surface area contributed by atoms with Gasteiger partial charge in [-0.25, -0.2) is 8.42 Å². The molecule has 1 heterocycles. The van der Waals surface area contributed by atoms with Gasteiger partial charge in [0.05, 0.1) is 7.11 Å². The quantitative estimate of drug-likeness (QED) is 0.607. The van der Waals surface area contributed by atoms with Crippen molar-refractivity contribution in [3.05, 3.63) is 83.4 Å². The fourth-order valence-corrected chi connectivity index (χ4v) is 5.16. The summed E-state index contributed by atoms with van der Waals surface area (Å²) < 4.78 is 34.2. The Balaban J connectivity index is 1.70. The molecule has 0 saturated carbocycles. The zero-order valence-electron chi connectivity index (χ0n) is 18.2. The molecule has 6 nitrogen and oxygen atoms in total. The predicted molar refractivity (Wildman–Crippen MR) is 126 cm³/mol. The van der Waals surface area contributed by atoms with Crippen LogP contribution in [0.2, 0.25) is 0 Å². The van der Waals surface area contributed by atoms with Gasteiger partial charge >= 0.3 is 0 Å². The number of nitrogens with one attached hydrogen (secondary N) is 1. The number of nitrogens with zero attached hydrogens (tertiary/aromatic N) is 1. The standard InChI is InChI=1S/C25H26N2O4S/c1-18-10-13-21(14-11-18)26-32(29,30)24-17-20(12-15-23(24)31-2)25(28)27-16-6-5-8-19-7-3-4-9-22(19)27/h3-4,7,9-15,17,26H,5-6,8,16H2,1-2H3. The summed E-state index contributed by atoms with van der Waals surface area (Å²) in [5.41, 5.74) is 3.77. The van der Waals surface area contributed by atoms with E-state index >= 15 is 0 Å². The van der Waals surface area contributed by atoms with Crippen LogP contribution in [0.15, 0.2) is 71.6 Å². The van der Waals surface area contributed by atoms with Crippen LogP contribution in [0.3, 0.4) is 0 Å². The number of methoxy groups -OCH3 is 1. The molecular weight excluding hydrogens is 424 g/mol. The number of carbonyl (C=O) groups excluding carboxylic acids is 1. The molecule has 32 heavy (non-hydrogen) atoms. The Labute approximate surface area is 188 Å². The summed E-state index contributed by atoms with van der Waals surface area (Å²) in [5, 5.41) is 0. The zero-order chi connectivity index (χ0) is 22.7. The molecule has 3 aromatic carbocycles. The normalized spacial score (nSPS) is 13.8. The maximum atomic E-state index is 13.5. The minimum atomic E-state index is -3.97. The lowest BCUT2D eigenvalue weighted by Crippen LogP contribution is -2.32. The highest BCUT2D eigenvalue weighted by Gasteiger charge is 2.26. The number of ether oxygens (including phenoxy) is 1. The first-order chi connectivity index (χ1) is 15.4. The van der Waals surface area contributed by atoms with E-state index in [1.54, 1.807) is 23.1 Å². The number of carbonyl (C=O) groups is 1. The Morgan fingerprint density at radius 2 is 1.75 bits per heavy atom. The van der Waals surface area contributed by atoms with E-state index in [-0.39, 0.29) is 16.6 Å². The smallest absolute Gasteiger partial charge is 0.265 e. The average Bonchev–Trinajstić information content (AvgIpc) is 3.02. The van der Waals surface area contributed by atoms with Gasteiger partial charge in [0.2, 0.25) is 0 Å². The van der Waals surface area contributed by atoms with Gasteiger partial charge in [-0.05, 0) is 68.1 Å². The lowest BCUT2D eigenvalue weighted by atomic mass is 10.1. The number of amides is 1. The Morgan fingerprint density at radius 3 is 2.50 bits per heavy atom. The topological polar surface area (TPSA) is 75.7 Å². The molecule has 0 fully saturated rings. The number of para-hydroxylation sites is 1. The van der Waals surface area contributed by atoms with Crippen molar-refractivity contribution in [2.45, 2.75) is 31.1 Å². The maximum absolute atomic E-state index is 13.5. The van der Waals surface area contributed by atoms with E-state index in [0.717, 1.165) is 36.1 Å². The number of hydrogen-bond donors (Lipinski definition) is 1. The van der Waals surface area contributed by atoms with E-state index in [4.69, 9.17) is 4.74 Å². The molecule has 7 heteroatoms. The summed E-state index contributed by atoms with van der Waals surface area (Å²) in [5.74, 6) is -0.0498. The first kappa shape index (κ1) is 21.9. The zero-order valence-corrected chi connectivity index (χ0v) is 19.0. The predicted octanol–water partition coefficient (Wildman–Crippen LogP) is 4.79. The first-order valence-corrected chi connectivity index (χ1v) is 12.0. The Morgan fingerprint density at radius 1 is 1.00 bits per heavy atom. The third kappa shape index (κ3) is 4.48. The number of sulfonamides is 1. The van der Waals surface area contributed by atoms with Gasteiger partial charge in [0.25, 0.3) is 15.9 Å². The molecule has 3 aromatic rings. The van der Waals surface area contributed by atoms with Crippen molar-refractivity contribution in [2.24, 2.45) is 0 Å². The number of aryl methyl sites for hydroxylation is 2. The number of fused-ring (bicyclic) bond motifs is 1. The van der Waals surface area contributed by atoms with E-state index in [1.807, 2.05) is 43.3 Å². The largest absolute Gasteiger partial charge is 0.495 e. The molecule has 0 bridgehead atoms. The Kier molecular flexibility index (Phi) is 6.19. The third-order valence-electron chi connectivity index (χ3n) is 5.61. The lowest BCUT2D eigenvalue weighted by Gasteiger charge is -2.23. The van der Waals surface area contributed by atoms with Gasteiger partial charge in [0.15, 0.2) is 0 Å². The van der Waals surface area contributed by atoms with Crippen molar-refractivity contribution in [1.82, 2.24) is 0 Å². The van der Waals surface area contributed by atoms with Gasteiger partial charge in [-0.2, -0.15) is 0 Å². The van der Waals surface area contributed by atoms with E-state index in [1.165, 1.54) is 19.2 Å². The molecular formula is C25H26N2O4S. The summed E-state index contributed by atoms with van der Waals surface area (Å²) in [6.07, 6.45) is 2.81. The van der Waals surface area contributed by atoms with Crippen LogP contribution >= 0.6 is 0 Å². The summed E-state index contributed by atoms with van der Waals surface area (Å²) in [6, 6.07) is 19.4. The van der Waals surface area contributed by atoms with E-state index in [9.17, 15) is 13.2 Å². The van der Waals surface area contributed by atoms with Gasteiger partial charge < -0.3 is 9.64 Å². The van der Waals surface area contributed by atoms with Crippen molar-refractivity contribution in [1.29, 1.82) is 0 Å². The van der Waals surface area contributed by atoms with Crippen molar-refractivity contribution >= 4 is 27.3 Å². The second-order valence-electron chi connectivity index (χ2n) is 7.88. The SMILES string of the molecule is COc1ccc(C(=O)N2CCCCc3ccccc32)cc1S(=O)(=O)Nc1ccc(C)cc1. The van der Waals surface area contributed by atoms with Crippen LogP contribution in [-0.4, -0.2) is 28.0 Å².